The van der Waals surface area contributed by atoms with Crippen LogP contribution >= 0.6 is 12.4 Å². The molecule has 4 N–H and O–H groups in total. The van der Waals surface area contributed by atoms with E-state index in [1.165, 1.54) is 0 Å². The standard InChI is InChI=1S/C18H26N4O4.ClH/c1-11(2)17(19)18(25)20-9-15(23)21-12-7-16(24)22(10-12)13-5-4-6-14(8-13)26-3;/h4-6,8,11-12,17H,7,9-10,19H2,1-3H3,(H,20,25)(H,21,23);1H/t12?,17-;/m0./s1. The van der Waals surface area contributed by atoms with Crippen LogP contribution in [0.1, 0.15) is 20.3 Å². The zero-order valence-electron chi connectivity index (χ0n) is 15.7. The first-order valence-corrected chi connectivity index (χ1v) is 8.59. The van der Waals surface area contributed by atoms with Gasteiger partial charge in [-0.1, -0.05) is 19.9 Å². The van der Waals surface area contributed by atoms with E-state index in [0.29, 0.717) is 12.3 Å². The number of carbonyl (C=O) groups excluding carboxylic acids is 3. The summed E-state index contributed by atoms with van der Waals surface area (Å²) in [6, 6.07) is 6.24. The second-order valence-electron chi connectivity index (χ2n) is 6.66. The van der Waals surface area contributed by atoms with Gasteiger partial charge in [0, 0.05) is 24.7 Å². The molecule has 8 nitrogen and oxygen atoms in total. The van der Waals surface area contributed by atoms with Gasteiger partial charge in [0.15, 0.2) is 0 Å². The number of ether oxygens (including phenoxy) is 1. The van der Waals surface area contributed by atoms with Crippen LogP contribution in [0.2, 0.25) is 0 Å². The van der Waals surface area contributed by atoms with Crippen molar-refractivity contribution in [2.45, 2.75) is 32.4 Å². The Balaban J connectivity index is 0.00000364. The summed E-state index contributed by atoms with van der Waals surface area (Å²) in [5.74, 6) is -0.140. The number of hydrogen-bond donors (Lipinski definition) is 3. The lowest BCUT2D eigenvalue weighted by Gasteiger charge is -2.18. The minimum absolute atomic E-state index is 0. The van der Waals surface area contributed by atoms with Crippen LogP contribution in [0.3, 0.4) is 0 Å². The highest BCUT2D eigenvalue weighted by Crippen LogP contribution is 2.25. The highest BCUT2D eigenvalue weighted by molar-refractivity contribution is 5.97. The van der Waals surface area contributed by atoms with Crippen LogP contribution in [0.15, 0.2) is 24.3 Å². The molecular formula is C18H27ClN4O4. The molecule has 0 spiro atoms. The van der Waals surface area contributed by atoms with Crippen molar-refractivity contribution in [3.05, 3.63) is 24.3 Å². The van der Waals surface area contributed by atoms with Crippen molar-refractivity contribution >= 4 is 35.8 Å². The fourth-order valence-corrected chi connectivity index (χ4v) is 2.70. The summed E-state index contributed by atoms with van der Waals surface area (Å²) in [5.41, 5.74) is 6.45. The summed E-state index contributed by atoms with van der Waals surface area (Å²) < 4.78 is 5.17. The van der Waals surface area contributed by atoms with Crippen molar-refractivity contribution in [1.82, 2.24) is 10.6 Å². The summed E-state index contributed by atoms with van der Waals surface area (Å²) in [5, 5.41) is 5.29. The number of hydrogen-bond acceptors (Lipinski definition) is 5. The van der Waals surface area contributed by atoms with Crippen LogP contribution in [0.5, 0.6) is 5.75 Å². The Morgan fingerprint density at radius 1 is 1.37 bits per heavy atom. The fraction of sp³-hybridized carbons (Fsp3) is 0.500. The van der Waals surface area contributed by atoms with Gasteiger partial charge in [0.2, 0.25) is 17.7 Å². The van der Waals surface area contributed by atoms with Crippen molar-refractivity contribution in [3.8, 4) is 5.75 Å². The molecule has 27 heavy (non-hydrogen) atoms. The topological polar surface area (TPSA) is 114 Å². The number of anilines is 1. The number of nitrogens with two attached hydrogens (primary N) is 1. The van der Waals surface area contributed by atoms with Crippen molar-refractivity contribution in [2.24, 2.45) is 11.7 Å². The van der Waals surface area contributed by atoms with Gasteiger partial charge in [-0.3, -0.25) is 14.4 Å². The van der Waals surface area contributed by atoms with Crippen molar-refractivity contribution < 1.29 is 19.1 Å². The van der Waals surface area contributed by atoms with Gasteiger partial charge in [0.1, 0.15) is 5.75 Å². The predicted molar refractivity (Wildman–Crippen MR) is 105 cm³/mol. The van der Waals surface area contributed by atoms with Crippen LogP contribution in [0.25, 0.3) is 0 Å². The number of halogens is 1. The molecule has 0 bridgehead atoms. The lowest BCUT2D eigenvalue weighted by atomic mass is 10.1. The van der Waals surface area contributed by atoms with Crippen LogP contribution in [-0.4, -0.2) is 50.0 Å². The predicted octanol–water partition coefficient (Wildman–Crippen LogP) is 0.438. The first kappa shape index (κ1) is 22.7. The quantitative estimate of drug-likeness (QED) is 0.616. The smallest absolute Gasteiger partial charge is 0.239 e. The third-order valence-corrected chi connectivity index (χ3v) is 4.30. The zero-order valence-corrected chi connectivity index (χ0v) is 16.5. The maximum atomic E-state index is 12.2. The summed E-state index contributed by atoms with van der Waals surface area (Å²) in [7, 11) is 1.56. The Hall–Kier alpha value is -2.32. The zero-order chi connectivity index (χ0) is 19.3. The number of methoxy groups -OCH3 is 1. The minimum Gasteiger partial charge on any atom is -0.497 e. The summed E-state index contributed by atoms with van der Waals surface area (Å²) in [4.78, 5) is 37.7. The van der Waals surface area contributed by atoms with E-state index in [0.717, 1.165) is 5.69 Å². The largest absolute Gasteiger partial charge is 0.497 e. The number of amides is 3. The summed E-state index contributed by atoms with van der Waals surface area (Å²) in [6.45, 7) is 3.88. The molecule has 0 aliphatic carbocycles. The van der Waals surface area contributed by atoms with Gasteiger partial charge in [-0.05, 0) is 18.1 Å². The van der Waals surface area contributed by atoms with Crippen molar-refractivity contribution in [2.75, 3.05) is 25.1 Å². The van der Waals surface area contributed by atoms with Gasteiger partial charge in [0.25, 0.3) is 0 Å². The van der Waals surface area contributed by atoms with Gasteiger partial charge < -0.3 is 26.0 Å². The van der Waals surface area contributed by atoms with E-state index in [-0.39, 0.29) is 55.1 Å². The number of nitrogens with one attached hydrogen (secondary N) is 2. The average molecular weight is 399 g/mol. The van der Waals surface area contributed by atoms with E-state index in [9.17, 15) is 14.4 Å². The molecule has 1 fully saturated rings. The summed E-state index contributed by atoms with van der Waals surface area (Å²) in [6.07, 6.45) is 0.211. The SMILES string of the molecule is COc1cccc(N2CC(NC(=O)CNC(=O)[C@@H](N)C(C)C)CC2=O)c1.Cl. The average Bonchev–Trinajstić information content (AvgIpc) is 2.99. The molecule has 1 aliphatic heterocycles. The van der Waals surface area contributed by atoms with Gasteiger partial charge in [-0.15, -0.1) is 12.4 Å². The second-order valence-corrected chi connectivity index (χ2v) is 6.66. The van der Waals surface area contributed by atoms with Crippen molar-refractivity contribution in [3.63, 3.8) is 0 Å². The minimum atomic E-state index is -0.653. The number of carbonyl (C=O) groups is 3. The molecule has 1 unspecified atom stereocenters. The molecule has 150 valence electrons. The number of rotatable bonds is 7. The van der Waals surface area contributed by atoms with Crippen molar-refractivity contribution in [1.29, 1.82) is 0 Å². The van der Waals surface area contributed by atoms with Gasteiger partial charge >= 0.3 is 0 Å². The lowest BCUT2D eigenvalue weighted by molar-refractivity contribution is -0.127. The second kappa shape index (κ2) is 10.1. The molecule has 1 heterocycles. The molecule has 1 saturated heterocycles. The van der Waals surface area contributed by atoms with E-state index in [1.54, 1.807) is 30.2 Å². The molecule has 0 saturated carbocycles. The van der Waals surface area contributed by atoms with Crippen LogP contribution < -0.4 is 26.0 Å². The molecule has 3 amide bonds. The first-order chi connectivity index (χ1) is 12.3. The highest BCUT2D eigenvalue weighted by Gasteiger charge is 2.31. The Morgan fingerprint density at radius 3 is 2.70 bits per heavy atom. The van der Waals surface area contributed by atoms with E-state index >= 15 is 0 Å². The Labute approximate surface area is 165 Å². The molecule has 1 aromatic rings. The number of benzene rings is 1. The molecule has 9 heteroatoms. The molecule has 0 radical (unpaired) electrons. The Bertz CT molecular complexity index is 683. The van der Waals surface area contributed by atoms with Gasteiger partial charge in [0.05, 0.1) is 25.7 Å². The van der Waals surface area contributed by atoms with E-state index in [2.05, 4.69) is 10.6 Å². The number of nitrogens with zero attached hydrogens (tertiary/aromatic N) is 1. The fourth-order valence-electron chi connectivity index (χ4n) is 2.70. The molecule has 1 aliphatic rings. The monoisotopic (exact) mass is 398 g/mol. The van der Waals surface area contributed by atoms with Crippen LogP contribution in [0.4, 0.5) is 5.69 Å². The maximum Gasteiger partial charge on any atom is 0.239 e. The highest BCUT2D eigenvalue weighted by atomic mass is 35.5. The third-order valence-electron chi connectivity index (χ3n) is 4.30. The normalized spacial score (nSPS) is 17.3. The van der Waals surface area contributed by atoms with Crippen LogP contribution in [0, 0.1) is 5.92 Å². The molecule has 2 atom stereocenters. The maximum absolute atomic E-state index is 12.2. The molecule has 1 aromatic carbocycles. The summed E-state index contributed by atoms with van der Waals surface area (Å²) >= 11 is 0. The van der Waals surface area contributed by atoms with E-state index in [1.807, 2.05) is 19.9 Å². The van der Waals surface area contributed by atoms with E-state index in [4.69, 9.17) is 10.5 Å². The Morgan fingerprint density at radius 2 is 2.07 bits per heavy atom. The molecule has 2 rings (SSSR count). The van der Waals surface area contributed by atoms with E-state index < -0.39 is 6.04 Å². The Kier molecular flexibility index (Phi) is 8.52. The van der Waals surface area contributed by atoms with Crippen LogP contribution in [-0.2, 0) is 14.4 Å². The third kappa shape index (κ3) is 6.11. The first-order valence-electron chi connectivity index (χ1n) is 8.59. The molecule has 0 aromatic heterocycles. The lowest BCUT2D eigenvalue weighted by Crippen LogP contribution is -2.48. The molecular weight excluding hydrogens is 372 g/mol. The van der Waals surface area contributed by atoms with Gasteiger partial charge in [-0.25, -0.2) is 0 Å². The van der Waals surface area contributed by atoms with Gasteiger partial charge in [-0.2, -0.15) is 0 Å².